The molecule has 0 aromatic heterocycles. The number of hydrogen-bond donors (Lipinski definition) is 1. The summed E-state index contributed by atoms with van der Waals surface area (Å²) in [4.78, 5) is 0. The molecule has 100 valence electrons. The molecule has 0 heterocycles. The quantitative estimate of drug-likeness (QED) is 0.748. The van der Waals surface area contributed by atoms with Crippen LogP contribution in [-0.4, -0.2) is 6.54 Å². The third-order valence-electron chi connectivity index (χ3n) is 3.79. The van der Waals surface area contributed by atoms with Crippen LogP contribution in [-0.2, 0) is 6.54 Å². The van der Waals surface area contributed by atoms with Crippen molar-refractivity contribution >= 4 is 11.6 Å². The lowest BCUT2D eigenvalue weighted by Gasteiger charge is -2.10. The maximum atomic E-state index is 13.2. The van der Waals surface area contributed by atoms with Gasteiger partial charge in [-0.15, -0.1) is 0 Å². The van der Waals surface area contributed by atoms with Crippen molar-refractivity contribution in [3.63, 3.8) is 0 Å². The third kappa shape index (κ3) is 3.96. The van der Waals surface area contributed by atoms with Crippen molar-refractivity contribution in [3.05, 3.63) is 34.6 Å². The first-order chi connectivity index (χ1) is 8.77. The average Bonchev–Trinajstić information content (AvgIpc) is 2.87. The van der Waals surface area contributed by atoms with Crippen LogP contribution in [0.1, 0.15) is 44.1 Å². The smallest absolute Gasteiger partial charge is 0.142 e. The Morgan fingerprint density at radius 1 is 1.28 bits per heavy atom. The summed E-state index contributed by atoms with van der Waals surface area (Å²) < 4.78 is 13.2. The molecule has 0 saturated heterocycles. The number of halogens is 2. The molecule has 0 unspecified atom stereocenters. The van der Waals surface area contributed by atoms with Crippen LogP contribution in [0.5, 0.6) is 0 Å². The maximum Gasteiger partial charge on any atom is 0.142 e. The van der Waals surface area contributed by atoms with Gasteiger partial charge in [0.2, 0.25) is 0 Å². The van der Waals surface area contributed by atoms with Gasteiger partial charge >= 0.3 is 0 Å². The molecular formula is C15H21ClFN. The molecule has 0 amide bonds. The number of hydrogen-bond acceptors (Lipinski definition) is 1. The van der Waals surface area contributed by atoms with E-state index in [-0.39, 0.29) is 10.8 Å². The zero-order valence-corrected chi connectivity index (χ0v) is 11.5. The molecule has 1 aliphatic carbocycles. The van der Waals surface area contributed by atoms with Crippen molar-refractivity contribution in [3.8, 4) is 0 Å². The highest BCUT2D eigenvalue weighted by Gasteiger charge is 2.13. The molecule has 0 spiro atoms. The van der Waals surface area contributed by atoms with E-state index >= 15 is 0 Å². The highest BCUT2D eigenvalue weighted by atomic mass is 35.5. The van der Waals surface area contributed by atoms with Crippen LogP contribution in [0, 0.1) is 11.7 Å². The fourth-order valence-electron chi connectivity index (χ4n) is 2.72. The monoisotopic (exact) mass is 269 g/mol. The Morgan fingerprint density at radius 3 is 2.83 bits per heavy atom. The van der Waals surface area contributed by atoms with Gasteiger partial charge in [0.05, 0.1) is 5.02 Å². The Hall–Kier alpha value is -0.600. The molecule has 0 bridgehead atoms. The van der Waals surface area contributed by atoms with Crippen LogP contribution in [0.3, 0.4) is 0 Å². The zero-order chi connectivity index (χ0) is 12.8. The molecule has 1 saturated carbocycles. The second kappa shape index (κ2) is 7.10. The van der Waals surface area contributed by atoms with Crippen LogP contribution in [0.2, 0.25) is 5.02 Å². The fourth-order valence-corrected chi connectivity index (χ4v) is 2.92. The molecule has 0 atom stereocenters. The highest BCUT2D eigenvalue weighted by molar-refractivity contribution is 6.31. The van der Waals surface area contributed by atoms with Gasteiger partial charge in [-0.25, -0.2) is 4.39 Å². The van der Waals surface area contributed by atoms with E-state index in [4.69, 9.17) is 11.6 Å². The highest BCUT2D eigenvalue weighted by Crippen LogP contribution is 2.28. The summed E-state index contributed by atoms with van der Waals surface area (Å²) in [5.41, 5.74) is 0.845. The van der Waals surface area contributed by atoms with Gasteiger partial charge in [-0.2, -0.15) is 0 Å². The maximum absolute atomic E-state index is 13.2. The largest absolute Gasteiger partial charge is 0.313 e. The van der Waals surface area contributed by atoms with Crippen molar-refractivity contribution in [2.75, 3.05) is 6.54 Å². The van der Waals surface area contributed by atoms with E-state index in [2.05, 4.69) is 5.32 Å². The van der Waals surface area contributed by atoms with E-state index in [0.29, 0.717) is 6.54 Å². The summed E-state index contributed by atoms with van der Waals surface area (Å²) in [6.07, 6.45) is 8.18. The van der Waals surface area contributed by atoms with Crippen LogP contribution in [0.15, 0.2) is 18.2 Å². The Balaban J connectivity index is 1.64. The minimum Gasteiger partial charge on any atom is -0.313 e. The van der Waals surface area contributed by atoms with Crippen molar-refractivity contribution in [2.24, 2.45) is 5.92 Å². The summed E-state index contributed by atoms with van der Waals surface area (Å²) in [5.74, 6) is 0.617. The molecule has 18 heavy (non-hydrogen) atoms. The minimum absolute atomic E-state index is 0.251. The molecule has 3 heteroatoms. The Kier molecular flexibility index (Phi) is 5.45. The fraction of sp³-hybridized carbons (Fsp3) is 0.600. The van der Waals surface area contributed by atoms with E-state index in [1.165, 1.54) is 44.6 Å². The van der Waals surface area contributed by atoms with Crippen LogP contribution >= 0.6 is 11.6 Å². The topological polar surface area (TPSA) is 12.0 Å². The zero-order valence-electron chi connectivity index (χ0n) is 10.7. The normalized spacial score (nSPS) is 16.3. The van der Waals surface area contributed by atoms with E-state index in [9.17, 15) is 4.39 Å². The number of rotatable bonds is 6. The van der Waals surface area contributed by atoms with Crippen molar-refractivity contribution in [1.82, 2.24) is 5.32 Å². The second-order valence-corrected chi connectivity index (χ2v) is 5.56. The molecule has 1 aromatic rings. The van der Waals surface area contributed by atoms with Crippen LogP contribution in [0.4, 0.5) is 4.39 Å². The number of benzene rings is 1. The molecule has 1 aromatic carbocycles. The molecule has 2 rings (SSSR count). The molecule has 0 aliphatic heterocycles. The molecule has 1 aliphatic rings. The van der Waals surface area contributed by atoms with Gasteiger partial charge in [-0.3, -0.25) is 0 Å². The van der Waals surface area contributed by atoms with Gasteiger partial charge in [0.25, 0.3) is 0 Å². The second-order valence-electron chi connectivity index (χ2n) is 5.18. The van der Waals surface area contributed by atoms with Gasteiger partial charge in [0.1, 0.15) is 5.82 Å². The number of nitrogens with one attached hydrogen (secondary N) is 1. The van der Waals surface area contributed by atoms with Crippen LogP contribution in [0.25, 0.3) is 0 Å². The first kappa shape index (κ1) is 13.8. The molecule has 1 N–H and O–H groups in total. The predicted octanol–water partition coefficient (Wildman–Crippen LogP) is 4.54. The van der Waals surface area contributed by atoms with Crippen molar-refractivity contribution in [1.29, 1.82) is 0 Å². The van der Waals surface area contributed by atoms with Crippen molar-refractivity contribution < 1.29 is 4.39 Å². The van der Waals surface area contributed by atoms with Gasteiger partial charge in [0, 0.05) is 6.54 Å². The summed E-state index contributed by atoms with van der Waals surface area (Å²) in [7, 11) is 0. The van der Waals surface area contributed by atoms with Crippen molar-refractivity contribution in [2.45, 2.75) is 45.1 Å². The first-order valence-electron chi connectivity index (χ1n) is 6.91. The summed E-state index contributed by atoms with van der Waals surface area (Å²) in [6.45, 7) is 1.64. The third-order valence-corrected chi connectivity index (χ3v) is 4.21. The van der Waals surface area contributed by atoms with Crippen LogP contribution < -0.4 is 5.32 Å². The van der Waals surface area contributed by atoms with Gasteiger partial charge < -0.3 is 5.32 Å². The molecule has 1 nitrogen and oxygen atoms in total. The van der Waals surface area contributed by atoms with Gasteiger partial charge in [-0.05, 0) is 36.9 Å². The van der Waals surface area contributed by atoms with E-state index in [1.807, 2.05) is 6.07 Å². The molecular weight excluding hydrogens is 249 g/mol. The summed E-state index contributed by atoms with van der Waals surface area (Å²) in [5, 5.41) is 3.59. The summed E-state index contributed by atoms with van der Waals surface area (Å²) >= 11 is 5.89. The minimum atomic E-state index is -0.332. The lowest BCUT2D eigenvalue weighted by atomic mass is 10.0. The predicted molar refractivity (Wildman–Crippen MR) is 74.3 cm³/mol. The Bertz CT molecular complexity index is 375. The summed E-state index contributed by atoms with van der Waals surface area (Å²) in [6, 6.07) is 4.97. The molecule has 1 fully saturated rings. The molecule has 0 radical (unpaired) electrons. The van der Waals surface area contributed by atoms with E-state index in [1.54, 1.807) is 6.07 Å². The Morgan fingerprint density at radius 2 is 2.06 bits per heavy atom. The Labute approximate surface area is 114 Å². The van der Waals surface area contributed by atoms with E-state index < -0.39 is 0 Å². The lowest BCUT2D eigenvalue weighted by molar-refractivity contribution is 0.470. The SMILES string of the molecule is Fc1cccc(CNCCCC2CCCC2)c1Cl. The van der Waals surface area contributed by atoms with E-state index in [0.717, 1.165) is 18.0 Å². The van der Waals surface area contributed by atoms with Gasteiger partial charge in [0.15, 0.2) is 0 Å². The first-order valence-corrected chi connectivity index (χ1v) is 7.29. The standard InChI is InChI=1S/C15H21ClFN/c16-15-13(8-3-9-14(15)17)11-18-10-4-7-12-5-1-2-6-12/h3,8-9,12,18H,1-2,4-7,10-11H2. The lowest BCUT2D eigenvalue weighted by Crippen LogP contribution is -2.16. The average molecular weight is 270 g/mol. The van der Waals surface area contributed by atoms with Gasteiger partial charge in [-0.1, -0.05) is 49.4 Å².